The quantitative estimate of drug-likeness (QED) is 0.301. The lowest BCUT2D eigenvalue weighted by Crippen LogP contribution is -2.15. The molecule has 0 spiro atoms. The Hall–Kier alpha value is -1.57. The van der Waals surface area contributed by atoms with Crippen molar-refractivity contribution in [3.63, 3.8) is 0 Å². The molecule has 2 nitrogen and oxygen atoms in total. The number of rotatable bonds is 9. The van der Waals surface area contributed by atoms with E-state index in [9.17, 15) is 4.79 Å². The van der Waals surface area contributed by atoms with E-state index in [4.69, 9.17) is 4.74 Å². The molecule has 0 N–H and O–H groups in total. The third-order valence-electron chi connectivity index (χ3n) is 5.21. The summed E-state index contributed by atoms with van der Waals surface area (Å²) < 4.78 is 5.40. The first-order chi connectivity index (χ1) is 11.7. The van der Waals surface area contributed by atoms with Crippen LogP contribution in [0.3, 0.4) is 0 Å². The van der Waals surface area contributed by atoms with Gasteiger partial charge in [0.1, 0.15) is 5.75 Å². The first kappa shape index (κ1) is 18.8. The van der Waals surface area contributed by atoms with Gasteiger partial charge in [0.25, 0.3) is 0 Å². The highest BCUT2D eigenvalue weighted by Crippen LogP contribution is 2.34. The summed E-state index contributed by atoms with van der Waals surface area (Å²) in [5.41, 5.74) is 1.58. The van der Waals surface area contributed by atoms with Gasteiger partial charge in [0.2, 0.25) is 0 Å². The second-order valence-corrected chi connectivity index (χ2v) is 6.99. The van der Waals surface area contributed by atoms with Crippen molar-refractivity contribution < 1.29 is 9.53 Å². The number of benzene rings is 1. The smallest absolute Gasteiger partial charge is 0.311 e. The molecule has 132 valence electrons. The highest BCUT2D eigenvalue weighted by atomic mass is 16.5. The summed E-state index contributed by atoms with van der Waals surface area (Å²) in [7, 11) is 0. The van der Waals surface area contributed by atoms with E-state index in [0.29, 0.717) is 18.1 Å². The topological polar surface area (TPSA) is 26.3 Å². The van der Waals surface area contributed by atoms with Crippen LogP contribution in [0.15, 0.2) is 42.0 Å². The van der Waals surface area contributed by atoms with Crippen LogP contribution in [0.1, 0.15) is 71.6 Å². The minimum Gasteiger partial charge on any atom is -0.427 e. The molecule has 0 saturated heterocycles. The summed E-state index contributed by atoms with van der Waals surface area (Å²) in [5, 5.41) is 0. The van der Waals surface area contributed by atoms with Crippen molar-refractivity contribution in [3.05, 3.63) is 42.0 Å². The monoisotopic (exact) mass is 328 g/mol. The van der Waals surface area contributed by atoms with Crippen molar-refractivity contribution >= 4 is 5.97 Å². The normalized spacial score (nSPS) is 18.8. The molecule has 1 aromatic carbocycles. The number of carbonyl (C=O) groups excluding carboxylic acids is 1. The number of ether oxygens (including phenoxy) is 1. The van der Waals surface area contributed by atoms with E-state index in [1.807, 2.05) is 30.3 Å². The van der Waals surface area contributed by atoms with Crippen LogP contribution < -0.4 is 4.74 Å². The van der Waals surface area contributed by atoms with Crippen molar-refractivity contribution in [2.75, 3.05) is 0 Å². The predicted octanol–water partition coefficient (Wildman–Crippen LogP) is 6.32. The first-order valence-corrected chi connectivity index (χ1v) is 9.67. The maximum absolute atomic E-state index is 12.0. The van der Waals surface area contributed by atoms with Crippen LogP contribution in [0.5, 0.6) is 5.75 Å². The average Bonchev–Trinajstić information content (AvgIpc) is 2.62. The molecule has 2 atom stereocenters. The van der Waals surface area contributed by atoms with E-state index in [1.54, 1.807) is 5.57 Å². The lowest BCUT2D eigenvalue weighted by atomic mass is 9.79. The maximum atomic E-state index is 12.0. The van der Waals surface area contributed by atoms with Gasteiger partial charge in [-0.1, -0.05) is 63.0 Å². The van der Waals surface area contributed by atoms with Gasteiger partial charge in [-0.2, -0.15) is 0 Å². The van der Waals surface area contributed by atoms with E-state index < -0.39 is 0 Å². The summed E-state index contributed by atoms with van der Waals surface area (Å²) in [6.45, 7) is 4.50. The summed E-state index contributed by atoms with van der Waals surface area (Å²) in [4.78, 5) is 12.0. The van der Waals surface area contributed by atoms with Gasteiger partial charge >= 0.3 is 5.97 Å². The van der Waals surface area contributed by atoms with Crippen LogP contribution in [0.2, 0.25) is 0 Å². The van der Waals surface area contributed by atoms with Gasteiger partial charge in [-0.3, -0.25) is 4.79 Å². The van der Waals surface area contributed by atoms with E-state index in [0.717, 1.165) is 18.8 Å². The zero-order valence-corrected chi connectivity index (χ0v) is 15.3. The molecule has 0 bridgehead atoms. The lowest BCUT2D eigenvalue weighted by molar-refractivity contribution is -0.134. The Bertz CT molecular complexity index is 518. The first-order valence-electron chi connectivity index (χ1n) is 9.67. The standard InChI is InChI=1S/C22H32O2/c1-3-5-9-18-12-14-20(15-13-18)19(4-2)16-17-22(23)24-21-10-7-6-8-11-21/h6-8,10-11,14,18-19H,3-5,9,12-13,15-17H2,1-2H3. The average molecular weight is 328 g/mol. The molecule has 2 unspecified atom stereocenters. The SMILES string of the molecule is CCCCC1CC=C(C(CC)CCC(=O)Oc2ccccc2)CC1. The Morgan fingerprint density at radius 2 is 2.04 bits per heavy atom. The summed E-state index contributed by atoms with van der Waals surface area (Å²) in [6, 6.07) is 9.36. The van der Waals surface area contributed by atoms with E-state index in [2.05, 4.69) is 19.9 Å². The largest absolute Gasteiger partial charge is 0.427 e. The molecule has 0 aliphatic heterocycles. The minimum atomic E-state index is -0.114. The molecular weight excluding hydrogens is 296 g/mol. The van der Waals surface area contributed by atoms with E-state index in [-0.39, 0.29) is 5.97 Å². The van der Waals surface area contributed by atoms with Gasteiger partial charge in [-0.25, -0.2) is 0 Å². The molecule has 2 heteroatoms. The molecule has 1 aliphatic carbocycles. The Morgan fingerprint density at radius 3 is 2.67 bits per heavy atom. The fraction of sp³-hybridized carbons (Fsp3) is 0.591. The van der Waals surface area contributed by atoms with Crippen LogP contribution in [-0.4, -0.2) is 5.97 Å². The number of para-hydroxylation sites is 1. The number of unbranched alkanes of at least 4 members (excludes halogenated alkanes) is 1. The second-order valence-electron chi connectivity index (χ2n) is 6.99. The van der Waals surface area contributed by atoms with Gasteiger partial charge in [0.15, 0.2) is 0 Å². The third-order valence-corrected chi connectivity index (χ3v) is 5.21. The van der Waals surface area contributed by atoms with Crippen molar-refractivity contribution in [1.82, 2.24) is 0 Å². The second kappa shape index (κ2) is 10.3. The van der Waals surface area contributed by atoms with Gasteiger partial charge < -0.3 is 4.74 Å². The van der Waals surface area contributed by atoms with Crippen LogP contribution in [0.25, 0.3) is 0 Å². The summed E-state index contributed by atoms with van der Waals surface area (Å²) in [6.07, 6.45) is 12.8. The Morgan fingerprint density at radius 1 is 1.25 bits per heavy atom. The number of esters is 1. The van der Waals surface area contributed by atoms with Crippen molar-refractivity contribution in [1.29, 1.82) is 0 Å². The lowest BCUT2D eigenvalue weighted by Gasteiger charge is -2.26. The number of hydrogen-bond donors (Lipinski definition) is 0. The van der Waals surface area contributed by atoms with Gasteiger partial charge in [-0.05, 0) is 56.1 Å². The van der Waals surface area contributed by atoms with Crippen LogP contribution >= 0.6 is 0 Å². The highest BCUT2D eigenvalue weighted by Gasteiger charge is 2.20. The molecule has 2 rings (SSSR count). The number of hydrogen-bond acceptors (Lipinski definition) is 2. The van der Waals surface area contributed by atoms with E-state index in [1.165, 1.54) is 38.5 Å². The maximum Gasteiger partial charge on any atom is 0.311 e. The zero-order chi connectivity index (χ0) is 17.2. The molecule has 0 amide bonds. The van der Waals surface area contributed by atoms with E-state index >= 15 is 0 Å². The summed E-state index contributed by atoms with van der Waals surface area (Å²) in [5.74, 6) is 1.96. The molecule has 1 aliphatic rings. The molecular formula is C22H32O2. The number of allylic oxidation sites excluding steroid dienone is 2. The Kier molecular flexibility index (Phi) is 8.07. The van der Waals surface area contributed by atoms with Crippen LogP contribution in [0.4, 0.5) is 0 Å². The van der Waals surface area contributed by atoms with Crippen molar-refractivity contribution in [3.8, 4) is 5.75 Å². The zero-order valence-electron chi connectivity index (χ0n) is 15.3. The van der Waals surface area contributed by atoms with Gasteiger partial charge in [0, 0.05) is 6.42 Å². The van der Waals surface area contributed by atoms with Crippen molar-refractivity contribution in [2.45, 2.75) is 71.6 Å². The Labute approximate surface area is 147 Å². The minimum absolute atomic E-state index is 0.114. The molecule has 0 heterocycles. The van der Waals surface area contributed by atoms with Crippen LogP contribution in [0, 0.1) is 11.8 Å². The molecule has 0 fully saturated rings. The fourth-order valence-corrected chi connectivity index (χ4v) is 3.65. The van der Waals surface area contributed by atoms with Gasteiger partial charge in [-0.15, -0.1) is 0 Å². The fourth-order valence-electron chi connectivity index (χ4n) is 3.65. The third kappa shape index (κ3) is 6.14. The predicted molar refractivity (Wildman–Crippen MR) is 100 cm³/mol. The highest BCUT2D eigenvalue weighted by molar-refractivity contribution is 5.72. The van der Waals surface area contributed by atoms with Crippen molar-refractivity contribution in [2.24, 2.45) is 11.8 Å². The summed E-state index contributed by atoms with van der Waals surface area (Å²) >= 11 is 0. The molecule has 0 aromatic heterocycles. The number of carbonyl (C=O) groups is 1. The van der Waals surface area contributed by atoms with Crippen LogP contribution in [-0.2, 0) is 4.79 Å². The molecule has 24 heavy (non-hydrogen) atoms. The molecule has 1 aromatic rings. The molecule has 0 saturated carbocycles. The Balaban J connectivity index is 1.77. The van der Waals surface area contributed by atoms with Gasteiger partial charge in [0.05, 0.1) is 0 Å². The molecule has 0 radical (unpaired) electrons.